The Balaban J connectivity index is 1.97. The molecule has 0 bridgehead atoms. The summed E-state index contributed by atoms with van der Waals surface area (Å²) in [6.45, 7) is 14.2. The Morgan fingerprint density at radius 2 is 1.79 bits per heavy atom. The van der Waals surface area contributed by atoms with Gasteiger partial charge in [-0.3, -0.25) is 19.4 Å². The minimum absolute atomic E-state index is 0.0217. The molecule has 0 aliphatic carbocycles. The lowest BCUT2D eigenvalue weighted by molar-refractivity contribution is -0.145. The number of anilines is 1. The zero-order chi connectivity index (χ0) is 25.1. The van der Waals surface area contributed by atoms with E-state index in [2.05, 4.69) is 21.5 Å². The molecular formula is C21H31N5O6P+. The van der Waals surface area contributed by atoms with Crippen molar-refractivity contribution in [2.24, 2.45) is 10.8 Å². The number of H-pyrrole nitrogens is 1. The Hall–Kier alpha value is -2.75. The Morgan fingerprint density at radius 1 is 1.21 bits per heavy atom. The van der Waals surface area contributed by atoms with Gasteiger partial charge in [0.25, 0.3) is 11.9 Å². The van der Waals surface area contributed by atoms with Crippen LogP contribution in [0.5, 0.6) is 0 Å². The number of imidazole rings is 1. The first-order valence-corrected chi connectivity index (χ1v) is 11.6. The van der Waals surface area contributed by atoms with Gasteiger partial charge in [-0.15, -0.1) is 4.52 Å². The third-order valence-electron chi connectivity index (χ3n) is 4.57. The average Bonchev–Trinajstić information content (AvgIpc) is 3.06. The van der Waals surface area contributed by atoms with Gasteiger partial charge in [-0.1, -0.05) is 48.1 Å². The fourth-order valence-electron chi connectivity index (χ4n) is 2.79. The van der Waals surface area contributed by atoms with Crippen molar-refractivity contribution in [3.05, 3.63) is 28.8 Å². The summed E-state index contributed by atoms with van der Waals surface area (Å²) in [5.74, 6) is -0.915. The van der Waals surface area contributed by atoms with Crippen molar-refractivity contribution in [2.75, 3.05) is 18.7 Å². The van der Waals surface area contributed by atoms with E-state index in [1.54, 1.807) is 46.1 Å². The normalized spacial score (nSPS) is 12.9. The molecule has 33 heavy (non-hydrogen) atoms. The van der Waals surface area contributed by atoms with Crippen LogP contribution in [0.25, 0.3) is 11.2 Å². The second kappa shape index (κ2) is 10.0. The molecule has 2 rings (SSSR count). The number of Topliss-reactive ketones (excluding diaryl/α,β-unsaturated/α-hetero) is 2. The molecule has 12 heteroatoms. The number of hydrogen-bond donors (Lipinski definition) is 2. The van der Waals surface area contributed by atoms with E-state index in [9.17, 15) is 18.9 Å². The van der Waals surface area contributed by atoms with Crippen LogP contribution in [0, 0.1) is 10.8 Å². The largest absolute Gasteiger partial charge is 0.538 e. The molecule has 11 nitrogen and oxygen atoms in total. The highest BCUT2D eigenvalue weighted by Crippen LogP contribution is 2.32. The van der Waals surface area contributed by atoms with Crippen LogP contribution in [0.1, 0.15) is 41.5 Å². The predicted octanol–water partition coefficient (Wildman–Crippen LogP) is 2.59. The molecule has 0 aromatic carbocycles. The second-order valence-electron chi connectivity index (χ2n) is 9.77. The first-order chi connectivity index (χ1) is 15.1. The number of rotatable bonds is 10. The van der Waals surface area contributed by atoms with Crippen LogP contribution >= 0.6 is 8.03 Å². The number of ketones is 2. The Bertz CT molecular complexity index is 1110. The maximum absolute atomic E-state index is 12.7. The van der Waals surface area contributed by atoms with E-state index in [1.807, 2.05) is 0 Å². The molecule has 0 amide bonds. The van der Waals surface area contributed by atoms with E-state index in [0.717, 1.165) is 0 Å². The van der Waals surface area contributed by atoms with Gasteiger partial charge in [0.2, 0.25) is 12.1 Å². The van der Waals surface area contributed by atoms with E-state index >= 15 is 0 Å². The van der Waals surface area contributed by atoms with Crippen molar-refractivity contribution in [3.63, 3.8) is 0 Å². The summed E-state index contributed by atoms with van der Waals surface area (Å²) in [7, 11) is -2.45. The van der Waals surface area contributed by atoms with E-state index < -0.39 is 42.1 Å². The number of nitrogens with two attached hydrogens (primary N) is 1. The zero-order valence-corrected chi connectivity index (χ0v) is 20.7. The summed E-state index contributed by atoms with van der Waals surface area (Å²) < 4.78 is 24.8. The van der Waals surface area contributed by atoms with Crippen LogP contribution in [0.4, 0.5) is 5.95 Å². The van der Waals surface area contributed by atoms with Gasteiger partial charge >= 0.3 is 8.03 Å². The number of carbonyl (C=O) groups excluding carboxylic acids is 2. The molecule has 0 aliphatic rings. The van der Waals surface area contributed by atoms with Crippen molar-refractivity contribution in [1.82, 2.24) is 19.5 Å². The van der Waals surface area contributed by atoms with Crippen LogP contribution in [0.3, 0.4) is 0 Å². The van der Waals surface area contributed by atoms with Gasteiger partial charge in [0.1, 0.15) is 0 Å². The molecule has 3 N–H and O–H groups in total. The highest BCUT2D eigenvalue weighted by molar-refractivity contribution is 7.39. The molecule has 0 saturated heterocycles. The average molecular weight is 480 g/mol. The topological polar surface area (TPSA) is 159 Å². The van der Waals surface area contributed by atoms with Gasteiger partial charge in [0.15, 0.2) is 22.7 Å². The Morgan fingerprint density at radius 3 is 2.33 bits per heavy atom. The summed E-state index contributed by atoms with van der Waals surface area (Å²) in [5.41, 5.74) is 4.47. The Kier molecular flexibility index (Phi) is 8.05. The molecule has 0 fully saturated rings. The number of aromatic amines is 1. The van der Waals surface area contributed by atoms with Crippen LogP contribution < -0.4 is 11.3 Å². The quantitative estimate of drug-likeness (QED) is 0.296. The molecular weight excluding hydrogens is 449 g/mol. The molecule has 0 aliphatic heterocycles. The fourth-order valence-corrected chi connectivity index (χ4v) is 3.51. The van der Waals surface area contributed by atoms with Crippen LogP contribution in [-0.2, 0) is 30.0 Å². The third-order valence-corrected chi connectivity index (χ3v) is 5.41. The van der Waals surface area contributed by atoms with Crippen molar-refractivity contribution < 1.29 is 23.4 Å². The van der Waals surface area contributed by atoms with E-state index in [4.69, 9.17) is 15.0 Å². The molecule has 1 unspecified atom stereocenters. The monoisotopic (exact) mass is 480 g/mol. The molecule has 2 aromatic heterocycles. The molecule has 2 heterocycles. The SMILES string of the molecule is C=C(COC[P+](=O)OC(C(=O)C(C)(C)C)C(=O)C(C)(C)C)Cn1cnc2c(=O)[nH]c(N)nc21. The van der Waals surface area contributed by atoms with Gasteiger partial charge in [-0.25, -0.2) is 4.98 Å². The van der Waals surface area contributed by atoms with Gasteiger partial charge in [-0.2, -0.15) is 4.98 Å². The zero-order valence-electron chi connectivity index (χ0n) is 19.8. The summed E-state index contributed by atoms with van der Waals surface area (Å²) in [6.07, 6.45) is -0.329. The van der Waals surface area contributed by atoms with Crippen LogP contribution in [0.2, 0.25) is 0 Å². The summed E-state index contributed by atoms with van der Waals surface area (Å²) in [5, 5.41) is 0. The number of carbonyl (C=O) groups is 2. The van der Waals surface area contributed by atoms with Gasteiger partial charge < -0.3 is 15.0 Å². The molecule has 180 valence electrons. The second-order valence-corrected chi connectivity index (χ2v) is 10.9. The molecule has 0 radical (unpaired) electrons. The predicted molar refractivity (Wildman–Crippen MR) is 124 cm³/mol. The van der Waals surface area contributed by atoms with Gasteiger partial charge in [0.05, 0.1) is 12.9 Å². The molecule has 0 spiro atoms. The fraction of sp³-hybridized carbons (Fsp3) is 0.571. The number of aromatic nitrogens is 4. The minimum atomic E-state index is -2.45. The number of hydrogen-bond acceptors (Lipinski definition) is 9. The summed E-state index contributed by atoms with van der Waals surface area (Å²) in [4.78, 5) is 47.8. The standard InChI is InChI=1S/C21H30N5O6P/c1-12(8-26-10-23-13-17(26)24-19(22)25-18(13)29)9-31-11-33(30)32-14(15(27)20(2,3)4)16(28)21(5,6)7/h10,14H,1,8-9,11H2,2-7H3,(H2-,22,24,25,29)/p+1. The lowest BCUT2D eigenvalue weighted by atomic mass is 9.80. The van der Waals surface area contributed by atoms with E-state index in [0.29, 0.717) is 11.2 Å². The summed E-state index contributed by atoms with van der Waals surface area (Å²) >= 11 is 0. The Labute approximate surface area is 192 Å². The van der Waals surface area contributed by atoms with Crippen LogP contribution in [0.15, 0.2) is 23.3 Å². The highest BCUT2D eigenvalue weighted by Gasteiger charge is 2.45. The molecule has 1 atom stereocenters. The number of nitrogens with zero attached hydrogens (tertiary/aromatic N) is 3. The number of nitrogen functional groups attached to an aromatic ring is 1. The third kappa shape index (κ3) is 6.86. The number of nitrogens with one attached hydrogen (secondary N) is 1. The highest BCUT2D eigenvalue weighted by atomic mass is 31.1. The number of ether oxygens (including phenoxy) is 1. The minimum Gasteiger partial charge on any atom is -0.369 e. The maximum atomic E-state index is 12.7. The van der Waals surface area contributed by atoms with Crippen molar-refractivity contribution in [2.45, 2.75) is 54.2 Å². The summed E-state index contributed by atoms with van der Waals surface area (Å²) in [6, 6.07) is 0. The van der Waals surface area contributed by atoms with Crippen molar-refractivity contribution in [1.29, 1.82) is 0 Å². The van der Waals surface area contributed by atoms with E-state index in [-0.39, 0.29) is 31.0 Å². The van der Waals surface area contributed by atoms with Crippen molar-refractivity contribution >= 4 is 36.7 Å². The van der Waals surface area contributed by atoms with Gasteiger partial charge in [0, 0.05) is 17.4 Å². The first-order valence-electron chi connectivity index (χ1n) is 10.3. The van der Waals surface area contributed by atoms with Crippen molar-refractivity contribution in [3.8, 4) is 0 Å². The lowest BCUT2D eigenvalue weighted by Gasteiger charge is -2.25. The van der Waals surface area contributed by atoms with E-state index in [1.165, 1.54) is 6.33 Å². The first kappa shape index (κ1) is 26.5. The van der Waals surface area contributed by atoms with Crippen LogP contribution in [-0.4, -0.2) is 50.1 Å². The maximum Gasteiger partial charge on any atom is 0.538 e. The molecule has 2 aromatic rings. The number of fused-ring (bicyclic) bond motifs is 1. The van der Waals surface area contributed by atoms with Gasteiger partial charge in [-0.05, 0) is 10.1 Å². The molecule has 0 saturated carbocycles. The smallest absolute Gasteiger partial charge is 0.369 e. The lowest BCUT2D eigenvalue weighted by Crippen LogP contribution is -2.44.